The van der Waals surface area contributed by atoms with Gasteiger partial charge in [0.2, 0.25) is 5.91 Å². The summed E-state index contributed by atoms with van der Waals surface area (Å²) in [4.78, 5) is 17.3. The Morgan fingerprint density at radius 1 is 1.06 bits per heavy atom. The monoisotopic (exact) mass is 558 g/mol. The largest absolute Gasteiger partial charge is 0.435 e. The molecule has 0 saturated heterocycles. The van der Waals surface area contributed by atoms with Crippen molar-refractivity contribution in [3.05, 3.63) is 62.6 Å². The van der Waals surface area contributed by atoms with E-state index in [0.717, 1.165) is 23.9 Å². The number of thioether (sulfide) groups is 1. The molecule has 0 bridgehead atoms. The van der Waals surface area contributed by atoms with E-state index in [-0.39, 0.29) is 27.1 Å². The van der Waals surface area contributed by atoms with Crippen LogP contribution in [0.5, 0.6) is 0 Å². The highest BCUT2D eigenvalue weighted by atomic mass is 35.5. The first-order chi connectivity index (χ1) is 16.1. The van der Waals surface area contributed by atoms with E-state index < -0.39 is 36.8 Å². The number of oxime groups is 1. The molecule has 0 aliphatic carbocycles. The quantitative estimate of drug-likeness (QED) is 0.308. The van der Waals surface area contributed by atoms with Crippen molar-refractivity contribution < 1.29 is 36.0 Å². The smallest absolute Gasteiger partial charge is 0.374 e. The Balaban J connectivity index is 1.81. The first kappa shape index (κ1) is 27.5. The molecule has 13 heteroatoms. The minimum absolute atomic E-state index is 0.0144. The molecule has 2 aromatic carbocycles. The number of nitrogens with zero attached hydrogens (tertiary/aromatic N) is 1. The molecular formula is C22H18Cl2F6N2O2S. The van der Waals surface area contributed by atoms with Crippen LogP contribution in [0.25, 0.3) is 0 Å². The molecule has 1 N–H and O–H groups in total. The van der Waals surface area contributed by atoms with Crippen molar-refractivity contribution in [2.45, 2.75) is 43.1 Å². The van der Waals surface area contributed by atoms with E-state index in [0.29, 0.717) is 21.6 Å². The Morgan fingerprint density at radius 3 is 2.14 bits per heavy atom. The summed E-state index contributed by atoms with van der Waals surface area (Å²) >= 11 is 12.9. The molecule has 1 aliphatic heterocycles. The van der Waals surface area contributed by atoms with Crippen molar-refractivity contribution in [1.29, 1.82) is 0 Å². The minimum Gasteiger partial charge on any atom is -0.374 e. The van der Waals surface area contributed by atoms with Crippen LogP contribution in [0.2, 0.25) is 10.0 Å². The van der Waals surface area contributed by atoms with Crippen molar-refractivity contribution >= 4 is 46.6 Å². The van der Waals surface area contributed by atoms with Crippen molar-refractivity contribution in [3.63, 3.8) is 0 Å². The lowest BCUT2D eigenvalue weighted by Crippen LogP contribution is -2.42. The number of hydrogen-bond donors (Lipinski definition) is 1. The van der Waals surface area contributed by atoms with Gasteiger partial charge in [0.15, 0.2) is 0 Å². The van der Waals surface area contributed by atoms with E-state index in [2.05, 4.69) is 5.16 Å². The number of aryl methyl sites for hydroxylation is 2. The summed E-state index contributed by atoms with van der Waals surface area (Å²) in [6.07, 6.45) is -9.98. The zero-order valence-corrected chi connectivity index (χ0v) is 20.5. The van der Waals surface area contributed by atoms with Gasteiger partial charge in [0.1, 0.15) is 6.54 Å². The summed E-state index contributed by atoms with van der Waals surface area (Å²) in [5.74, 6) is -1.05. The maximum absolute atomic E-state index is 14.2. The standard InChI is InChI=1S/C22H18Cl2F6N2O2S/c1-11-3-13(4-12(2)19(11)35-9-18(33)31-10-21(25,26)27)17-8-20(34-32-17,22(28,29)30)14-5-15(23)7-16(24)6-14/h3-7H,8-10H2,1-2H3,(H,31,33)/t20-/m0/s1. The highest BCUT2D eigenvalue weighted by Crippen LogP contribution is 2.50. The maximum atomic E-state index is 14.2. The number of alkyl halides is 6. The van der Waals surface area contributed by atoms with E-state index >= 15 is 0 Å². The normalized spacial score (nSPS) is 18.3. The fourth-order valence-corrected chi connectivity index (χ4v) is 5.05. The van der Waals surface area contributed by atoms with Crippen molar-refractivity contribution in [2.75, 3.05) is 12.3 Å². The fraction of sp³-hybridized carbons (Fsp3) is 0.364. The lowest BCUT2D eigenvalue weighted by atomic mass is 9.86. The molecule has 1 amide bonds. The Morgan fingerprint density at radius 2 is 1.63 bits per heavy atom. The van der Waals surface area contributed by atoms with Crippen LogP contribution in [0, 0.1) is 13.8 Å². The second-order valence-electron chi connectivity index (χ2n) is 7.91. The van der Waals surface area contributed by atoms with Gasteiger partial charge in [-0.3, -0.25) is 4.79 Å². The van der Waals surface area contributed by atoms with E-state index in [4.69, 9.17) is 28.0 Å². The van der Waals surface area contributed by atoms with Crippen LogP contribution in [0.15, 0.2) is 40.4 Å². The van der Waals surface area contributed by atoms with Crippen molar-refractivity contribution in [3.8, 4) is 0 Å². The molecule has 0 radical (unpaired) electrons. The number of amides is 1. The predicted molar refractivity (Wildman–Crippen MR) is 122 cm³/mol. The van der Waals surface area contributed by atoms with Gasteiger partial charge in [0.25, 0.3) is 5.60 Å². The van der Waals surface area contributed by atoms with E-state index in [9.17, 15) is 31.1 Å². The molecule has 0 fully saturated rings. The highest BCUT2D eigenvalue weighted by molar-refractivity contribution is 8.00. The molecule has 2 aromatic rings. The second-order valence-corrected chi connectivity index (χ2v) is 9.77. The van der Waals surface area contributed by atoms with Crippen LogP contribution in [0.1, 0.15) is 28.7 Å². The molecule has 0 saturated carbocycles. The third-order valence-electron chi connectivity index (χ3n) is 5.14. The zero-order chi connectivity index (χ0) is 26.2. The van der Waals surface area contributed by atoms with Gasteiger partial charge < -0.3 is 10.2 Å². The summed E-state index contributed by atoms with van der Waals surface area (Å²) in [5, 5.41) is 5.55. The molecule has 0 unspecified atom stereocenters. The van der Waals surface area contributed by atoms with Crippen molar-refractivity contribution in [1.82, 2.24) is 5.32 Å². The number of hydrogen-bond acceptors (Lipinski definition) is 4. The SMILES string of the molecule is Cc1cc(C2=NO[C@@](c3cc(Cl)cc(Cl)c3)(C(F)(F)F)C2)cc(C)c1SCC(=O)NCC(F)(F)F. The highest BCUT2D eigenvalue weighted by Gasteiger charge is 2.62. The minimum atomic E-state index is -4.84. The van der Waals surface area contributed by atoms with Crippen LogP contribution >= 0.6 is 35.0 Å². The number of benzene rings is 2. The Bertz CT molecular complexity index is 1130. The van der Waals surface area contributed by atoms with Gasteiger partial charge in [-0.25, -0.2) is 0 Å². The Kier molecular flexibility index (Phi) is 7.93. The summed E-state index contributed by atoms with van der Waals surface area (Å²) in [6.45, 7) is 1.93. The van der Waals surface area contributed by atoms with E-state index in [1.165, 1.54) is 6.07 Å². The summed E-state index contributed by atoms with van der Waals surface area (Å²) < 4.78 is 79.3. The maximum Gasteiger partial charge on any atom is 0.435 e. The average Bonchev–Trinajstić information content (AvgIpc) is 3.17. The van der Waals surface area contributed by atoms with Crippen LogP contribution in [-0.2, 0) is 15.2 Å². The lowest BCUT2D eigenvalue weighted by molar-refractivity contribution is -0.275. The predicted octanol–water partition coefficient (Wildman–Crippen LogP) is 6.96. The summed E-state index contributed by atoms with van der Waals surface area (Å²) in [7, 11) is 0. The first-order valence-corrected chi connectivity index (χ1v) is 11.7. The first-order valence-electron chi connectivity index (χ1n) is 9.97. The van der Waals surface area contributed by atoms with E-state index in [1.54, 1.807) is 31.3 Å². The Labute approximate surface area is 211 Å². The third kappa shape index (κ3) is 6.37. The van der Waals surface area contributed by atoms with Crippen LogP contribution in [0.3, 0.4) is 0 Å². The molecule has 1 aliphatic rings. The van der Waals surface area contributed by atoms with Gasteiger partial charge in [0.05, 0.1) is 11.5 Å². The van der Waals surface area contributed by atoms with Gasteiger partial charge in [0, 0.05) is 32.5 Å². The molecule has 3 rings (SSSR count). The van der Waals surface area contributed by atoms with Gasteiger partial charge >= 0.3 is 12.4 Å². The van der Waals surface area contributed by atoms with Gasteiger partial charge in [-0.2, -0.15) is 26.3 Å². The van der Waals surface area contributed by atoms with Crippen LogP contribution in [0.4, 0.5) is 26.3 Å². The summed E-state index contributed by atoms with van der Waals surface area (Å²) in [5.41, 5.74) is -1.40. The summed E-state index contributed by atoms with van der Waals surface area (Å²) in [6, 6.07) is 6.73. The second kappa shape index (κ2) is 10.1. The molecule has 4 nitrogen and oxygen atoms in total. The lowest BCUT2D eigenvalue weighted by Gasteiger charge is -2.29. The molecule has 0 spiro atoms. The van der Waals surface area contributed by atoms with Gasteiger partial charge in [-0.1, -0.05) is 28.4 Å². The Hall–Kier alpha value is -2.11. The third-order valence-corrected chi connectivity index (χ3v) is 6.92. The number of nitrogens with one attached hydrogen (secondary N) is 1. The number of carbonyl (C=O) groups is 1. The number of carbonyl (C=O) groups excluding carboxylic acids is 1. The number of halogens is 8. The van der Waals surface area contributed by atoms with E-state index in [1.807, 2.05) is 0 Å². The molecule has 0 aromatic heterocycles. The molecule has 1 heterocycles. The van der Waals surface area contributed by atoms with Gasteiger partial charge in [-0.05, 0) is 55.3 Å². The van der Waals surface area contributed by atoms with Gasteiger partial charge in [-0.15, -0.1) is 11.8 Å². The van der Waals surface area contributed by atoms with Crippen molar-refractivity contribution in [2.24, 2.45) is 5.16 Å². The molecule has 35 heavy (non-hydrogen) atoms. The molecule has 190 valence electrons. The average molecular weight is 559 g/mol. The van der Waals surface area contributed by atoms with Crippen LogP contribution in [-0.4, -0.2) is 36.3 Å². The fourth-order valence-electron chi connectivity index (χ4n) is 3.58. The topological polar surface area (TPSA) is 50.7 Å². The zero-order valence-electron chi connectivity index (χ0n) is 18.2. The molecular weight excluding hydrogens is 541 g/mol. The number of rotatable bonds is 6. The van der Waals surface area contributed by atoms with Crippen LogP contribution < -0.4 is 5.32 Å². The molecule has 1 atom stereocenters.